The highest BCUT2D eigenvalue weighted by Gasteiger charge is 2.21. The summed E-state index contributed by atoms with van der Waals surface area (Å²) >= 11 is 5.99. The first kappa shape index (κ1) is 12.7. The van der Waals surface area contributed by atoms with Gasteiger partial charge in [-0.1, -0.05) is 11.6 Å². The smallest absolute Gasteiger partial charge is 0.0746 e. The summed E-state index contributed by atoms with van der Waals surface area (Å²) in [5.41, 5.74) is 8.08. The lowest BCUT2D eigenvalue weighted by Gasteiger charge is -2.34. The molecule has 17 heavy (non-hydrogen) atoms. The lowest BCUT2D eigenvalue weighted by atomic mass is 10.1. The summed E-state index contributed by atoms with van der Waals surface area (Å²) in [5.74, 6) is 0. The average molecular weight is 255 g/mol. The predicted octanol–water partition coefficient (Wildman–Crippen LogP) is 2.41. The van der Waals surface area contributed by atoms with E-state index in [2.05, 4.69) is 11.0 Å². The summed E-state index contributed by atoms with van der Waals surface area (Å²) < 4.78 is 5.44. The Morgan fingerprint density at radius 2 is 2.35 bits per heavy atom. The van der Waals surface area contributed by atoms with E-state index in [1.807, 2.05) is 12.1 Å². The van der Waals surface area contributed by atoms with Crippen molar-refractivity contribution in [3.05, 3.63) is 28.8 Å². The molecule has 0 saturated carbocycles. The minimum atomic E-state index is 0.324. The van der Waals surface area contributed by atoms with Crippen LogP contribution in [0.3, 0.4) is 0 Å². The van der Waals surface area contributed by atoms with Crippen molar-refractivity contribution in [1.82, 2.24) is 0 Å². The Kier molecular flexibility index (Phi) is 4.26. The van der Waals surface area contributed by atoms with Gasteiger partial charge in [0.1, 0.15) is 0 Å². The van der Waals surface area contributed by atoms with Crippen LogP contribution in [0, 0.1) is 0 Å². The molecule has 1 aliphatic rings. The second-order valence-corrected chi connectivity index (χ2v) is 4.86. The molecule has 1 fully saturated rings. The Labute approximate surface area is 107 Å². The molecule has 3 nitrogen and oxygen atoms in total. The number of hydrogen-bond acceptors (Lipinski definition) is 3. The maximum atomic E-state index is 5.99. The maximum absolute atomic E-state index is 5.99. The topological polar surface area (TPSA) is 38.5 Å². The van der Waals surface area contributed by atoms with Crippen molar-refractivity contribution >= 4 is 17.3 Å². The van der Waals surface area contributed by atoms with E-state index in [1.54, 1.807) is 7.11 Å². The van der Waals surface area contributed by atoms with E-state index in [9.17, 15) is 0 Å². The molecule has 1 aliphatic heterocycles. The quantitative estimate of drug-likeness (QED) is 0.900. The van der Waals surface area contributed by atoms with Crippen LogP contribution in [-0.4, -0.2) is 26.3 Å². The molecule has 1 aromatic carbocycles. The number of hydrogen-bond donors (Lipinski definition) is 1. The largest absolute Gasteiger partial charge is 0.380 e. The Balaban J connectivity index is 2.20. The van der Waals surface area contributed by atoms with Gasteiger partial charge in [-0.3, -0.25) is 0 Å². The van der Waals surface area contributed by atoms with Gasteiger partial charge in [0.25, 0.3) is 0 Å². The fourth-order valence-corrected chi connectivity index (χ4v) is 2.57. The Morgan fingerprint density at radius 3 is 3.06 bits per heavy atom. The zero-order valence-corrected chi connectivity index (χ0v) is 10.9. The van der Waals surface area contributed by atoms with Crippen LogP contribution in [0.15, 0.2) is 18.2 Å². The second-order valence-electron chi connectivity index (χ2n) is 4.42. The number of piperidine rings is 1. The van der Waals surface area contributed by atoms with Crippen molar-refractivity contribution in [3.63, 3.8) is 0 Å². The molecule has 1 aromatic rings. The van der Waals surface area contributed by atoms with Crippen molar-refractivity contribution in [2.24, 2.45) is 5.73 Å². The van der Waals surface area contributed by atoms with Crippen LogP contribution in [0.25, 0.3) is 0 Å². The molecule has 2 rings (SSSR count). The molecule has 1 saturated heterocycles. The zero-order chi connectivity index (χ0) is 12.3. The number of benzene rings is 1. The van der Waals surface area contributed by atoms with E-state index in [4.69, 9.17) is 22.1 Å². The van der Waals surface area contributed by atoms with E-state index in [0.717, 1.165) is 36.5 Å². The van der Waals surface area contributed by atoms with Crippen LogP contribution in [0.5, 0.6) is 0 Å². The Bertz CT molecular complexity index is 384. The fraction of sp³-hybridized carbons (Fsp3) is 0.538. The van der Waals surface area contributed by atoms with E-state index in [1.165, 1.54) is 5.69 Å². The maximum Gasteiger partial charge on any atom is 0.0746 e. The van der Waals surface area contributed by atoms with E-state index >= 15 is 0 Å². The van der Waals surface area contributed by atoms with Crippen molar-refractivity contribution in [3.8, 4) is 0 Å². The monoisotopic (exact) mass is 254 g/mol. The molecule has 0 radical (unpaired) electrons. The van der Waals surface area contributed by atoms with Gasteiger partial charge in [0.15, 0.2) is 0 Å². The van der Waals surface area contributed by atoms with E-state index in [-0.39, 0.29) is 0 Å². The van der Waals surface area contributed by atoms with Crippen LogP contribution in [0.1, 0.15) is 18.4 Å². The summed E-state index contributed by atoms with van der Waals surface area (Å²) in [6, 6.07) is 5.93. The number of nitrogens with zero attached hydrogens (tertiary/aromatic N) is 1. The highest BCUT2D eigenvalue weighted by molar-refractivity contribution is 6.30. The third-order valence-corrected chi connectivity index (χ3v) is 3.55. The molecule has 0 bridgehead atoms. The van der Waals surface area contributed by atoms with Gasteiger partial charge in [0, 0.05) is 37.5 Å². The van der Waals surface area contributed by atoms with Gasteiger partial charge >= 0.3 is 0 Å². The predicted molar refractivity (Wildman–Crippen MR) is 71.6 cm³/mol. The molecule has 1 atom stereocenters. The molecule has 1 heterocycles. The SMILES string of the molecule is COC1CCCN(c2ccc(Cl)cc2CN)C1. The Hall–Kier alpha value is -0.770. The summed E-state index contributed by atoms with van der Waals surface area (Å²) in [6.07, 6.45) is 2.62. The summed E-state index contributed by atoms with van der Waals surface area (Å²) in [7, 11) is 1.78. The molecular weight excluding hydrogens is 236 g/mol. The van der Waals surface area contributed by atoms with E-state index in [0.29, 0.717) is 12.6 Å². The molecule has 94 valence electrons. The standard InChI is InChI=1S/C13H19ClN2O/c1-17-12-3-2-6-16(9-12)13-5-4-11(14)7-10(13)8-15/h4-5,7,12H,2-3,6,8-9,15H2,1H3. The fourth-order valence-electron chi connectivity index (χ4n) is 2.38. The number of rotatable bonds is 3. The average Bonchev–Trinajstić information content (AvgIpc) is 2.38. The van der Waals surface area contributed by atoms with Crippen molar-refractivity contribution in [2.75, 3.05) is 25.1 Å². The van der Waals surface area contributed by atoms with E-state index < -0.39 is 0 Å². The molecule has 4 heteroatoms. The van der Waals surface area contributed by atoms with Crippen LogP contribution in [0.4, 0.5) is 5.69 Å². The highest BCUT2D eigenvalue weighted by Crippen LogP contribution is 2.27. The van der Waals surface area contributed by atoms with Gasteiger partial charge in [-0.15, -0.1) is 0 Å². The molecular formula is C13H19ClN2O. The molecule has 0 aliphatic carbocycles. The molecule has 0 aromatic heterocycles. The first-order valence-electron chi connectivity index (χ1n) is 6.01. The third kappa shape index (κ3) is 2.92. The van der Waals surface area contributed by atoms with Crippen LogP contribution in [-0.2, 0) is 11.3 Å². The zero-order valence-electron chi connectivity index (χ0n) is 10.2. The highest BCUT2D eigenvalue weighted by atomic mass is 35.5. The molecule has 1 unspecified atom stereocenters. The number of methoxy groups -OCH3 is 1. The number of halogens is 1. The van der Waals surface area contributed by atoms with Gasteiger partial charge in [-0.25, -0.2) is 0 Å². The lowest BCUT2D eigenvalue weighted by Crippen LogP contribution is -2.39. The van der Waals surface area contributed by atoms with Gasteiger partial charge < -0.3 is 15.4 Å². The van der Waals surface area contributed by atoms with Crippen LogP contribution < -0.4 is 10.6 Å². The second kappa shape index (κ2) is 5.71. The van der Waals surface area contributed by atoms with Crippen LogP contribution in [0.2, 0.25) is 5.02 Å². The minimum absolute atomic E-state index is 0.324. The lowest BCUT2D eigenvalue weighted by molar-refractivity contribution is 0.0893. The van der Waals surface area contributed by atoms with Crippen LogP contribution >= 0.6 is 11.6 Å². The number of anilines is 1. The van der Waals surface area contributed by atoms with Crippen molar-refractivity contribution < 1.29 is 4.74 Å². The van der Waals surface area contributed by atoms with Gasteiger partial charge in [-0.2, -0.15) is 0 Å². The summed E-state index contributed by atoms with van der Waals surface area (Å²) in [6.45, 7) is 2.52. The first-order chi connectivity index (χ1) is 8.24. The summed E-state index contributed by atoms with van der Waals surface area (Å²) in [5, 5.41) is 0.745. The third-order valence-electron chi connectivity index (χ3n) is 3.31. The number of nitrogens with two attached hydrogens (primary N) is 1. The molecule has 2 N–H and O–H groups in total. The van der Waals surface area contributed by atoms with Crippen molar-refractivity contribution in [1.29, 1.82) is 0 Å². The summed E-state index contributed by atoms with van der Waals surface area (Å²) in [4.78, 5) is 2.34. The molecule has 0 amide bonds. The van der Waals surface area contributed by atoms with Gasteiger partial charge in [-0.05, 0) is 36.6 Å². The number of ether oxygens (including phenoxy) is 1. The first-order valence-corrected chi connectivity index (χ1v) is 6.38. The van der Waals surface area contributed by atoms with Gasteiger partial charge in [0.05, 0.1) is 6.10 Å². The van der Waals surface area contributed by atoms with Gasteiger partial charge in [0.2, 0.25) is 0 Å². The molecule has 0 spiro atoms. The minimum Gasteiger partial charge on any atom is -0.380 e. The van der Waals surface area contributed by atoms with Crippen molar-refractivity contribution in [2.45, 2.75) is 25.5 Å². The normalized spacial score (nSPS) is 20.6. The Morgan fingerprint density at radius 1 is 1.53 bits per heavy atom.